The van der Waals surface area contributed by atoms with Crippen molar-refractivity contribution in [3.05, 3.63) is 53.4 Å². The Morgan fingerprint density at radius 2 is 1.91 bits per heavy atom. The van der Waals surface area contributed by atoms with Crippen LogP contribution in [0.2, 0.25) is 0 Å². The fraction of sp³-hybridized carbons (Fsp3) is 0.267. The highest BCUT2D eigenvalue weighted by Gasteiger charge is 2.15. The summed E-state index contributed by atoms with van der Waals surface area (Å²) in [5.41, 5.74) is 6.12. The predicted octanol–water partition coefficient (Wildman–Crippen LogP) is 2.76. The molecule has 1 heterocycles. The van der Waals surface area contributed by atoms with E-state index in [-0.39, 0.29) is 18.1 Å². The average molecular weight is 305 g/mol. The normalized spacial score (nSPS) is 10.9. The van der Waals surface area contributed by atoms with Gasteiger partial charge in [-0.25, -0.2) is 18.7 Å². The Morgan fingerprint density at radius 3 is 2.41 bits per heavy atom. The van der Waals surface area contributed by atoms with E-state index in [2.05, 4.69) is 15.3 Å². The molecule has 2 rings (SSSR count). The zero-order chi connectivity index (χ0) is 16.5. The molecule has 116 valence electrons. The summed E-state index contributed by atoms with van der Waals surface area (Å²) in [5, 5.41) is 11.5. The quantitative estimate of drug-likeness (QED) is 0.907. The number of halogens is 2. The van der Waals surface area contributed by atoms with E-state index >= 15 is 0 Å². The van der Waals surface area contributed by atoms with Gasteiger partial charge >= 0.3 is 0 Å². The van der Waals surface area contributed by atoms with Crippen molar-refractivity contribution < 1.29 is 8.78 Å². The van der Waals surface area contributed by atoms with E-state index in [0.717, 1.165) is 12.1 Å². The first-order valence-electron chi connectivity index (χ1n) is 6.77. The topological polar surface area (TPSA) is 87.6 Å². The SMILES string of the molecule is CC.N#Cc1cnc(NC(CN)c2ccc(F)cc2F)nc1. The molecule has 0 saturated heterocycles. The average Bonchev–Trinajstić information content (AvgIpc) is 2.55. The fourth-order valence-electron chi connectivity index (χ4n) is 1.66. The van der Waals surface area contributed by atoms with Crippen LogP contribution in [0.25, 0.3) is 0 Å². The number of hydrogen-bond donors (Lipinski definition) is 2. The van der Waals surface area contributed by atoms with Gasteiger partial charge in [0.15, 0.2) is 0 Å². The van der Waals surface area contributed by atoms with Gasteiger partial charge in [-0.3, -0.25) is 0 Å². The Kier molecular flexibility index (Phi) is 6.86. The lowest BCUT2D eigenvalue weighted by Crippen LogP contribution is -2.22. The van der Waals surface area contributed by atoms with Gasteiger partial charge in [-0.05, 0) is 6.07 Å². The minimum Gasteiger partial charge on any atom is -0.346 e. The number of nitrogens with zero attached hydrogens (tertiary/aromatic N) is 3. The number of nitrogens with one attached hydrogen (secondary N) is 1. The lowest BCUT2D eigenvalue weighted by atomic mass is 10.1. The van der Waals surface area contributed by atoms with Crippen LogP contribution in [0.5, 0.6) is 0 Å². The van der Waals surface area contributed by atoms with Gasteiger partial charge < -0.3 is 11.1 Å². The third kappa shape index (κ3) is 4.46. The maximum Gasteiger partial charge on any atom is 0.223 e. The van der Waals surface area contributed by atoms with Crippen molar-refractivity contribution in [1.29, 1.82) is 5.26 Å². The summed E-state index contributed by atoms with van der Waals surface area (Å²) in [6, 6.07) is 4.56. The van der Waals surface area contributed by atoms with Crippen molar-refractivity contribution >= 4 is 5.95 Å². The molecule has 0 saturated carbocycles. The van der Waals surface area contributed by atoms with Gasteiger partial charge in [-0.2, -0.15) is 5.26 Å². The summed E-state index contributed by atoms with van der Waals surface area (Å²) in [6.07, 6.45) is 2.67. The fourth-order valence-corrected chi connectivity index (χ4v) is 1.66. The second kappa shape index (κ2) is 8.64. The molecule has 22 heavy (non-hydrogen) atoms. The van der Waals surface area contributed by atoms with Crippen molar-refractivity contribution in [3.63, 3.8) is 0 Å². The van der Waals surface area contributed by atoms with Gasteiger partial charge in [0.2, 0.25) is 5.95 Å². The molecule has 0 aliphatic carbocycles. The van der Waals surface area contributed by atoms with E-state index in [1.165, 1.54) is 18.5 Å². The first-order chi connectivity index (χ1) is 10.6. The lowest BCUT2D eigenvalue weighted by molar-refractivity contribution is 0.561. The standard InChI is InChI=1S/C13H11F2N5.C2H6/c14-9-1-2-10(11(15)3-9)12(5-17)20-13-18-6-8(4-16)7-19-13;1-2/h1-3,6-7,12H,5,17H2,(H,18,19,20);1-2H3. The first-order valence-corrected chi connectivity index (χ1v) is 6.77. The van der Waals surface area contributed by atoms with Crippen LogP contribution in [-0.2, 0) is 0 Å². The predicted molar refractivity (Wildman–Crippen MR) is 79.9 cm³/mol. The van der Waals surface area contributed by atoms with Crippen LogP contribution in [0.3, 0.4) is 0 Å². The summed E-state index contributed by atoms with van der Waals surface area (Å²) in [7, 11) is 0. The second-order valence-corrected chi connectivity index (χ2v) is 4.01. The Morgan fingerprint density at radius 1 is 1.27 bits per heavy atom. The molecule has 0 radical (unpaired) electrons. The molecule has 0 aliphatic rings. The zero-order valence-corrected chi connectivity index (χ0v) is 12.3. The molecular weight excluding hydrogens is 288 g/mol. The third-order valence-electron chi connectivity index (χ3n) is 2.66. The Balaban J connectivity index is 0.00000116. The van der Waals surface area contributed by atoms with Crippen molar-refractivity contribution in [1.82, 2.24) is 9.97 Å². The molecule has 0 fully saturated rings. The summed E-state index contributed by atoms with van der Waals surface area (Å²) < 4.78 is 26.6. The van der Waals surface area contributed by atoms with Gasteiger partial charge in [0, 0.05) is 18.2 Å². The molecular formula is C15H17F2N5. The summed E-state index contributed by atoms with van der Waals surface area (Å²) in [5.74, 6) is -1.14. The van der Waals surface area contributed by atoms with Crippen LogP contribution in [0.1, 0.15) is 31.0 Å². The molecule has 0 spiro atoms. The minimum absolute atomic E-state index is 0.0753. The monoisotopic (exact) mass is 305 g/mol. The van der Waals surface area contributed by atoms with Crippen molar-refractivity contribution in [2.45, 2.75) is 19.9 Å². The van der Waals surface area contributed by atoms with E-state index in [1.807, 2.05) is 19.9 Å². The van der Waals surface area contributed by atoms with E-state index < -0.39 is 17.7 Å². The van der Waals surface area contributed by atoms with Crippen LogP contribution >= 0.6 is 0 Å². The smallest absolute Gasteiger partial charge is 0.223 e. The van der Waals surface area contributed by atoms with E-state index in [1.54, 1.807) is 0 Å². The van der Waals surface area contributed by atoms with Gasteiger partial charge in [-0.15, -0.1) is 0 Å². The Hall–Kier alpha value is -2.59. The van der Waals surface area contributed by atoms with Crippen molar-refractivity contribution in [2.75, 3.05) is 11.9 Å². The van der Waals surface area contributed by atoms with Crippen molar-refractivity contribution in [3.8, 4) is 6.07 Å². The maximum atomic E-state index is 13.7. The zero-order valence-electron chi connectivity index (χ0n) is 12.3. The summed E-state index contributed by atoms with van der Waals surface area (Å²) in [4.78, 5) is 7.83. The molecule has 0 amide bonds. The van der Waals surface area contributed by atoms with Crippen LogP contribution < -0.4 is 11.1 Å². The molecule has 7 heteroatoms. The largest absolute Gasteiger partial charge is 0.346 e. The maximum absolute atomic E-state index is 13.7. The minimum atomic E-state index is -0.693. The number of aromatic nitrogens is 2. The first kappa shape index (κ1) is 17.5. The van der Waals surface area contributed by atoms with Crippen LogP contribution in [0, 0.1) is 23.0 Å². The molecule has 1 aromatic heterocycles. The number of hydrogen-bond acceptors (Lipinski definition) is 5. The number of nitrogens with two attached hydrogens (primary N) is 1. The molecule has 3 N–H and O–H groups in total. The Labute approximate surface area is 127 Å². The van der Waals surface area contributed by atoms with Crippen LogP contribution in [-0.4, -0.2) is 16.5 Å². The highest BCUT2D eigenvalue weighted by atomic mass is 19.1. The van der Waals surface area contributed by atoms with Crippen molar-refractivity contribution in [2.24, 2.45) is 5.73 Å². The number of nitriles is 1. The number of anilines is 1. The number of benzene rings is 1. The molecule has 2 aromatic rings. The molecule has 0 aliphatic heterocycles. The molecule has 1 unspecified atom stereocenters. The van der Waals surface area contributed by atoms with E-state index in [4.69, 9.17) is 11.0 Å². The van der Waals surface area contributed by atoms with Crippen LogP contribution in [0.15, 0.2) is 30.6 Å². The highest BCUT2D eigenvalue weighted by Crippen LogP contribution is 2.20. The number of rotatable bonds is 4. The van der Waals surface area contributed by atoms with Gasteiger partial charge in [0.05, 0.1) is 24.0 Å². The lowest BCUT2D eigenvalue weighted by Gasteiger charge is -2.17. The van der Waals surface area contributed by atoms with E-state index in [9.17, 15) is 8.78 Å². The van der Waals surface area contributed by atoms with Crippen LogP contribution in [0.4, 0.5) is 14.7 Å². The highest BCUT2D eigenvalue weighted by molar-refractivity contribution is 5.35. The molecule has 1 aromatic carbocycles. The summed E-state index contributed by atoms with van der Waals surface area (Å²) in [6.45, 7) is 4.08. The summed E-state index contributed by atoms with van der Waals surface area (Å²) >= 11 is 0. The van der Waals surface area contributed by atoms with Gasteiger partial charge in [0.1, 0.15) is 17.7 Å². The third-order valence-corrected chi connectivity index (χ3v) is 2.66. The molecule has 5 nitrogen and oxygen atoms in total. The van der Waals surface area contributed by atoms with E-state index in [0.29, 0.717) is 5.56 Å². The Bertz CT molecular complexity index is 637. The van der Waals surface area contributed by atoms with Gasteiger partial charge in [-0.1, -0.05) is 19.9 Å². The molecule has 1 atom stereocenters. The molecule has 0 bridgehead atoms. The van der Waals surface area contributed by atoms with Gasteiger partial charge in [0.25, 0.3) is 0 Å². The second-order valence-electron chi connectivity index (χ2n) is 4.01.